The second-order valence-corrected chi connectivity index (χ2v) is 5.52. The first-order valence-corrected chi connectivity index (χ1v) is 7.12. The zero-order valence-corrected chi connectivity index (χ0v) is 11.4. The number of para-hydroxylation sites is 1. The predicted molar refractivity (Wildman–Crippen MR) is 73.2 cm³/mol. The maximum absolute atomic E-state index is 12.2. The summed E-state index contributed by atoms with van der Waals surface area (Å²) in [5.41, 5.74) is 0.714. The topological polar surface area (TPSA) is 72.8 Å². The first-order valence-electron chi connectivity index (χ1n) is 5.71. The molecule has 0 radical (unpaired) electrons. The van der Waals surface area contributed by atoms with Crippen molar-refractivity contribution in [3.8, 4) is 5.75 Å². The molecular formula is C14H11NO4S. The van der Waals surface area contributed by atoms with Crippen molar-refractivity contribution in [2.24, 2.45) is 4.99 Å². The minimum Gasteiger partial charge on any atom is -0.379 e. The van der Waals surface area contributed by atoms with Gasteiger partial charge in [0.1, 0.15) is 10.6 Å². The molecule has 0 unspecified atom stereocenters. The lowest BCUT2D eigenvalue weighted by Crippen LogP contribution is -2.11. The number of isocyanates is 1. The lowest BCUT2D eigenvalue weighted by molar-refractivity contribution is 0.485. The molecule has 0 spiro atoms. The van der Waals surface area contributed by atoms with E-state index in [1.54, 1.807) is 43.3 Å². The van der Waals surface area contributed by atoms with Crippen molar-refractivity contribution >= 4 is 21.9 Å². The van der Waals surface area contributed by atoms with E-state index in [1.165, 1.54) is 18.2 Å². The Balaban J connectivity index is 2.43. The van der Waals surface area contributed by atoms with Gasteiger partial charge in [0.15, 0.2) is 0 Å². The highest BCUT2D eigenvalue weighted by atomic mass is 32.2. The first-order chi connectivity index (χ1) is 9.53. The van der Waals surface area contributed by atoms with E-state index in [1.807, 2.05) is 0 Å². The van der Waals surface area contributed by atoms with Crippen LogP contribution in [-0.2, 0) is 14.9 Å². The Morgan fingerprint density at radius 3 is 2.45 bits per heavy atom. The van der Waals surface area contributed by atoms with Crippen molar-refractivity contribution in [2.45, 2.75) is 11.8 Å². The molecule has 0 heterocycles. The van der Waals surface area contributed by atoms with Gasteiger partial charge in [0.25, 0.3) is 0 Å². The van der Waals surface area contributed by atoms with Crippen molar-refractivity contribution in [2.75, 3.05) is 0 Å². The summed E-state index contributed by atoms with van der Waals surface area (Å²) < 4.78 is 29.5. The SMILES string of the molecule is Cc1ccc(N=C=O)cc1S(=O)(=O)Oc1ccccc1. The van der Waals surface area contributed by atoms with Crippen LogP contribution in [-0.4, -0.2) is 14.5 Å². The fourth-order valence-electron chi connectivity index (χ4n) is 1.63. The smallest absolute Gasteiger partial charge is 0.339 e. The fraction of sp³-hybridized carbons (Fsp3) is 0.0714. The molecule has 6 heteroatoms. The zero-order valence-electron chi connectivity index (χ0n) is 10.6. The van der Waals surface area contributed by atoms with E-state index >= 15 is 0 Å². The summed E-state index contributed by atoms with van der Waals surface area (Å²) in [6, 6.07) is 12.5. The molecule has 0 aliphatic carbocycles. The Morgan fingerprint density at radius 1 is 1.10 bits per heavy atom. The molecular weight excluding hydrogens is 278 g/mol. The number of aliphatic imine (C=N–C) groups is 1. The van der Waals surface area contributed by atoms with E-state index in [9.17, 15) is 13.2 Å². The van der Waals surface area contributed by atoms with E-state index in [4.69, 9.17) is 4.18 Å². The van der Waals surface area contributed by atoms with Crippen LogP contribution in [0.4, 0.5) is 5.69 Å². The molecule has 0 aromatic heterocycles. The number of carbonyl (C=O) groups excluding carboxylic acids is 1. The van der Waals surface area contributed by atoms with Crippen LogP contribution in [0.1, 0.15) is 5.56 Å². The molecule has 20 heavy (non-hydrogen) atoms. The van der Waals surface area contributed by atoms with E-state index in [0.29, 0.717) is 5.56 Å². The van der Waals surface area contributed by atoms with Gasteiger partial charge in [-0.1, -0.05) is 24.3 Å². The van der Waals surface area contributed by atoms with Crippen molar-refractivity contribution in [3.63, 3.8) is 0 Å². The number of hydrogen-bond acceptors (Lipinski definition) is 5. The molecule has 0 saturated heterocycles. The first kappa shape index (κ1) is 14.0. The molecule has 0 N–H and O–H groups in total. The van der Waals surface area contributed by atoms with Crippen LogP contribution in [0.15, 0.2) is 58.4 Å². The predicted octanol–water partition coefficient (Wildman–Crippen LogP) is 2.73. The molecule has 0 aliphatic heterocycles. The van der Waals surface area contributed by atoms with E-state index in [0.717, 1.165) is 0 Å². The second kappa shape index (κ2) is 5.69. The molecule has 0 aliphatic rings. The third-order valence-electron chi connectivity index (χ3n) is 2.56. The Morgan fingerprint density at radius 2 is 1.80 bits per heavy atom. The highest BCUT2D eigenvalue weighted by Crippen LogP contribution is 2.25. The van der Waals surface area contributed by atoms with Gasteiger partial charge in [-0.25, -0.2) is 4.79 Å². The van der Waals surface area contributed by atoms with E-state index in [-0.39, 0.29) is 16.3 Å². The van der Waals surface area contributed by atoms with Crippen LogP contribution in [0.2, 0.25) is 0 Å². The monoisotopic (exact) mass is 289 g/mol. The summed E-state index contributed by atoms with van der Waals surface area (Å²) >= 11 is 0. The number of rotatable bonds is 4. The maximum Gasteiger partial charge on any atom is 0.339 e. The standard InChI is InChI=1S/C14H11NO4S/c1-11-7-8-12(15-10-16)9-14(11)20(17,18)19-13-5-3-2-4-6-13/h2-9H,1H3. The summed E-state index contributed by atoms with van der Waals surface area (Å²) in [4.78, 5) is 13.6. The van der Waals surface area contributed by atoms with Crippen molar-refractivity contribution in [1.29, 1.82) is 0 Å². The van der Waals surface area contributed by atoms with Crippen molar-refractivity contribution < 1.29 is 17.4 Å². The third kappa shape index (κ3) is 3.12. The van der Waals surface area contributed by atoms with E-state index < -0.39 is 10.1 Å². The van der Waals surface area contributed by atoms with Crippen molar-refractivity contribution in [3.05, 3.63) is 54.1 Å². The minimum absolute atomic E-state index is 0.0298. The summed E-state index contributed by atoms with van der Waals surface area (Å²) in [5, 5.41) is 0. The molecule has 2 aromatic carbocycles. The molecule has 0 bridgehead atoms. The molecule has 0 amide bonds. The Kier molecular flexibility index (Phi) is 3.98. The average molecular weight is 289 g/mol. The van der Waals surface area contributed by atoms with Crippen LogP contribution < -0.4 is 4.18 Å². The average Bonchev–Trinajstić information content (AvgIpc) is 2.42. The minimum atomic E-state index is -3.97. The number of aryl methyl sites for hydroxylation is 1. The van der Waals surface area contributed by atoms with Gasteiger partial charge < -0.3 is 4.18 Å². The Bertz CT molecular complexity index is 763. The molecule has 0 atom stereocenters. The zero-order chi connectivity index (χ0) is 14.6. The fourth-order valence-corrected chi connectivity index (χ4v) is 2.81. The molecule has 0 saturated carbocycles. The van der Waals surface area contributed by atoms with Crippen LogP contribution >= 0.6 is 0 Å². The maximum atomic E-state index is 12.2. The van der Waals surface area contributed by atoms with Gasteiger partial charge in [0.2, 0.25) is 6.08 Å². The van der Waals surface area contributed by atoms with Gasteiger partial charge in [0.05, 0.1) is 5.69 Å². The van der Waals surface area contributed by atoms with Crippen LogP contribution in [0, 0.1) is 6.92 Å². The summed E-state index contributed by atoms with van der Waals surface area (Å²) in [6.07, 6.45) is 1.37. The number of nitrogens with zero attached hydrogens (tertiary/aromatic N) is 1. The van der Waals surface area contributed by atoms with Crippen LogP contribution in [0.3, 0.4) is 0 Å². The largest absolute Gasteiger partial charge is 0.379 e. The summed E-state index contributed by atoms with van der Waals surface area (Å²) in [6.45, 7) is 1.63. The Hall–Kier alpha value is -2.43. The van der Waals surface area contributed by atoms with Crippen LogP contribution in [0.5, 0.6) is 5.75 Å². The normalized spacial score (nSPS) is 10.7. The molecule has 2 rings (SSSR count). The third-order valence-corrected chi connectivity index (χ3v) is 3.96. The van der Waals surface area contributed by atoms with Gasteiger partial charge in [0, 0.05) is 0 Å². The highest BCUT2D eigenvalue weighted by Gasteiger charge is 2.19. The number of benzene rings is 2. The lowest BCUT2D eigenvalue weighted by atomic mass is 10.2. The molecule has 5 nitrogen and oxygen atoms in total. The highest BCUT2D eigenvalue weighted by molar-refractivity contribution is 7.87. The number of hydrogen-bond donors (Lipinski definition) is 0. The quantitative estimate of drug-likeness (QED) is 0.493. The summed E-state index contributed by atoms with van der Waals surface area (Å²) in [7, 11) is -3.97. The summed E-state index contributed by atoms with van der Waals surface area (Å²) in [5.74, 6) is 0.219. The van der Waals surface area contributed by atoms with Gasteiger partial charge in [-0.2, -0.15) is 13.4 Å². The molecule has 102 valence electrons. The van der Waals surface area contributed by atoms with E-state index in [2.05, 4.69) is 4.99 Å². The second-order valence-electron chi connectivity index (χ2n) is 4.00. The molecule has 2 aromatic rings. The van der Waals surface area contributed by atoms with Gasteiger partial charge in [-0.3, -0.25) is 0 Å². The van der Waals surface area contributed by atoms with Crippen LogP contribution in [0.25, 0.3) is 0 Å². The Labute approximate surface area is 116 Å². The molecule has 0 fully saturated rings. The van der Waals surface area contributed by atoms with Crippen molar-refractivity contribution in [1.82, 2.24) is 0 Å². The lowest BCUT2D eigenvalue weighted by Gasteiger charge is -2.09. The van der Waals surface area contributed by atoms with Gasteiger partial charge in [-0.05, 0) is 36.8 Å². The van der Waals surface area contributed by atoms with Gasteiger partial charge in [-0.15, -0.1) is 0 Å². The van der Waals surface area contributed by atoms with Gasteiger partial charge >= 0.3 is 10.1 Å².